The Morgan fingerprint density at radius 3 is 3.14 bits per heavy atom. The van der Waals surface area contributed by atoms with Crippen LogP contribution in [-0.4, -0.2) is 42.2 Å². The van der Waals surface area contributed by atoms with Gasteiger partial charge in [0.05, 0.1) is 18.2 Å². The number of para-hydroxylation sites is 1. The lowest BCUT2D eigenvalue weighted by molar-refractivity contribution is -0.0338. The van der Waals surface area contributed by atoms with E-state index in [4.69, 9.17) is 10.5 Å². The van der Waals surface area contributed by atoms with E-state index in [0.717, 1.165) is 25.2 Å². The summed E-state index contributed by atoms with van der Waals surface area (Å²) in [4.78, 5) is 17.4. The number of aromatic amines is 1. The molecule has 5 nitrogen and oxygen atoms in total. The molecule has 22 heavy (non-hydrogen) atoms. The number of nitrogens with zero attached hydrogens (tertiary/aromatic N) is 1. The Morgan fingerprint density at radius 1 is 1.45 bits per heavy atom. The molecule has 1 atom stereocenters. The third kappa shape index (κ3) is 3.19. The predicted molar refractivity (Wildman–Crippen MR) is 83.2 cm³/mol. The minimum atomic E-state index is -0.403. The van der Waals surface area contributed by atoms with Crippen LogP contribution in [0.3, 0.4) is 0 Å². The molecule has 0 bridgehead atoms. The van der Waals surface area contributed by atoms with Gasteiger partial charge in [0.2, 0.25) is 0 Å². The molecule has 3 N–H and O–H groups in total. The van der Waals surface area contributed by atoms with Crippen molar-refractivity contribution in [3.63, 3.8) is 0 Å². The zero-order valence-electron chi connectivity index (χ0n) is 12.3. The van der Waals surface area contributed by atoms with Crippen LogP contribution >= 0.6 is 0 Å². The average molecular weight is 305 g/mol. The molecule has 6 heteroatoms. The molecule has 1 aliphatic heterocycles. The van der Waals surface area contributed by atoms with Gasteiger partial charge >= 0.3 is 0 Å². The lowest BCUT2D eigenvalue weighted by Crippen LogP contribution is -2.42. The molecule has 1 fully saturated rings. The van der Waals surface area contributed by atoms with E-state index in [1.54, 1.807) is 18.2 Å². The number of H-pyrrole nitrogens is 1. The van der Waals surface area contributed by atoms with Crippen molar-refractivity contribution in [1.29, 1.82) is 0 Å². The van der Waals surface area contributed by atoms with Crippen LogP contribution in [-0.2, 0) is 11.3 Å². The number of aromatic nitrogens is 1. The van der Waals surface area contributed by atoms with Crippen LogP contribution in [0, 0.1) is 5.82 Å². The number of nitrogens with one attached hydrogen (secondary N) is 1. The number of ether oxygens (including phenoxy) is 1. The Kier molecular flexibility index (Phi) is 4.52. The van der Waals surface area contributed by atoms with Gasteiger partial charge in [0, 0.05) is 36.8 Å². The zero-order valence-corrected chi connectivity index (χ0v) is 12.3. The van der Waals surface area contributed by atoms with E-state index in [-0.39, 0.29) is 17.0 Å². The van der Waals surface area contributed by atoms with Crippen molar-refractivity contribution in [1.82, 2.24) is 9.88 Å². The summed E-state index contributed by atoms with van der Waals surface area (Å²) in [6, 6.07) is 6.09. The van der Waals surface area contributed by atoms with Crippen molar-refractivity contribution in [3.05, 3.63) is 46.0 Å². The monoisotopic (exact) mass is 305 g/mol. The topological polar surface area (TPSA) is 71.3 Å². The van der Waals surface area contributed by atoms with Gasteiger partial charge in [0.1, 0.15) is 5.82 Å². The number of hydrogen-bond acceptors (Lipinski definition) is 4. The van der Waals surface area contributed by atoms with Gasteiger partial charge in [-0.1, -0.05) is 6.07 Å². The van der Waals surface area contributed by atoms with Crippen molar-refractivity contribution >= 4 is 10.9 Å². The van der Waals surface area contributed by atoms with Crippen LogP contribution < -0.4 is 11.2 Å². The van der Waals surface area contributed by atoms with E-state index in [9.17, 15) is 9.18 Å². The number of halogens is 1. The summed E-state index contributed by atoms with van der Waals surface area (Å²) in [6.45, 7) is 3.38. The molecule has 1 aromatic carbocycles. The standard InChI is InChI=1S/C16H20FN3O2/c17-14-3-1-2-13-15(21)8-11(19-16(13)14)9-20-6-7-22-12(10-20)4-5-18/h1-3,8,12H,4-7,9-10,18H2,(H,19,21). The highest BCUT2D eigenvalue weighted by Crippen LogP contribution is 2.15. The van der Waals surface area contributed by atoms with Crippen molar-refractivity contribution in [2.24, 2.45) is 5.73 Å². The van der Waals surface area contributed by atoms with Crippen LogP contribution in [0.2, 0.25) is 0 Å². The van der Waals surface area contributed by atoms with E-state index in [1.165, 1.54) is 6.07 Å². The fraction of sp³-hybridized carbons (Fsp3) is 0.438. The summed E-state index contributed by atoms with van der Waals surface area (Å²) < 4.78 is 19.5. The molecule has 2 heterocycles. The molecular formula is C16H20FN3O2. The molecule has 1 aromatic heterocycles. The smallest absolute Gasteiger partial charge is 0.189 e. The lowest BCUT2D eigenvalue weighted by atomic mass is 10.1. The molecule has 3 rings (SSSR count). The van der Waals surface area contributed by atoms with E-state index < -0.39 is 5.82 Å². The highest BCUT2D eigenvalue weighted by molar-refractivity contribution is 5.78. The zero-order chi connectivity index (χ0) is 15.5. The van der Waals surface area contributed by atoms with Gasteiger partial charge in [0.15, 0.2) is 5.43 Å². The quantitative estimate of drug-likeness (QED) is 0.891. The van der Waals surface area contributed by atoms with Crippen LogP contribution in [0.4, 0.5) is 4.39 Å². The highest BCUT2D eigenvalue weighted by Gasteiger charge is 2.20. The highest BCUT2D eigenvalue weighted by atomic mass is 19.1. The first kappa shape index (κ1) is 15.1. The van der Waals surface area contributed by atoms with E-state index >= 15 is 0 Å². The van der Waals surface area contributed by atoms with Gasteiger partial charge in [-0.15, -0.1) is 0 Å². The van der Waals surface area contributed by atoms with Crippen LogP contribution in [0.25, 0.3) is 10.9 Å². The normalized spacial score (nSPS) is 19.6. The summed E-state index contributed by atoms with van der Waals surface area (Å²) in [7, 11) is 0. The first-order valence-electron chi connectivity index (χ1n) is 7.52. The SMILES string of the molecule is NCCC1CN(Cc2cc(=O)c3cccc(F)c3[nH]2)CCO1. The molecule has 1 aliphatic rings. The Bertz CT molecular complexity index is 714. The molecule has 1 saturated heterocycles. The Balaban J connectivity index is 1.82. The second-order valence-corrected chi connectivity index (χ2v) is 5.63. The van der Waals surface area contributed by atoms with Crippen molar-refractivity contribution < 1.29 is 9.13 Å². The minimum Gasteiger partial charge on any atom is -0.376 e. The molecule has 0 spiro atoms. The van der Waals surface area contributed by atoms with Gasteiger partial charge < -0.3 is 15.5 Å². The fourth-order valence-corrected chi connectivity index (χ4v) is 2.90. The third-order valence-corrected chi connectivity index (χ3v) is 3.98. The summed E-state index contributed by atoms with van der Waals surface area (Å²) in [5.41, 5.74) is 6.40. The molecular weight excluding hydrogens is 285 g/mol. The Morgan fingerprint density at radius 2 is 2.32 bits per heavy atom. The number of benzene rings is 1. The van der Waals surface area contributed by atoms with Crippen molar-refractivity contribution in [2.45, 2.75) is 19.1 Å². The molecule has 1 unspecified atom stereocenters. The summed E-state index contributed by atoms with van der Waals surface area (Å²) in [5.74, 6) is -0.403. The molecule has 0 saturated carbocycles. The fourth-order valence-electron chi connectivity index (χ4n) is 2.90. The summed E-state index contributed by atoms with van der Waals surface area (Å²) in [6.07, 6.45) is 0.946. The molecule has 0 aliphatic carbocycles. The number of fused-ring (bicyclic) bond motifs is 1. The number of rotatable bonds is 4. The Labute approximate surface area is 127 Å². The summed E-state index contributed by atoms with van der Waals surface area (Å²) in [5, 5.41) is 0.381. The molecule has 0 radical (unpaired) electrons. The third-order valence-electron chi connectivity index (χ3n) is 3.98. The van der Waals surface area contributed by atoms with E-state index in [1.807, 2.05) is 0 Å². The summed E-state index contributed by atoms with van der Waals surface area (Å²) >= 11 is 0. The first-order chi connectivity index (χ1) is 10.7. The lowest BCUT2D eigenvalue weighted by Gasteiger charge is -2.32. The van der Waals surface area contributed by atoms with Gasteiger partial charge in [0.25, 0.3) is 0 Å². The maximum Gasteiger partial charge on any atom is 0.189 e. The number of hydrogen-bond donors (Lipinski definition) is 2. The predicted octanol–water partition coefficient (Wildman–Crippen LogP) is 1.22. The van der Waals surface area contributed by atoms with Crippen molar-refractivity contribution in [3.8, 4) is 0 Å². The average Bonchev–Trinajstić information content (AvgIpc) is 2.49. The largest absolute Gasteiger partial charge is 0.376 e. The number of morpholine rings is 1. The molecule has 2 aromatic rings. The van der Waals surface area contributed by atoms with Gasteiger partial charge in [-0.2, -0.15) is 0 Å². The molecule has 0 amide bonds. The second-order valence-electron chi connectivity index (χ2n) is 5.63. The van der Waals surface area contributed by atoms with E-state index in [2.05, 4.69) is 9.88 Å². The second kappa shape index (κ2) is 6.56. The van der Waals surface area contributed by atoms with Gasteiger partial charge in [-0.3, -0.25) is 9.69 Å². The minimum absolute atomic E-state index is 0.127. The van der Waals surface area contributed by atoms with Crippen LogP contribution in [0.1, 0.15) is 12.1 Å². The number of nitrogens with two attached hydrogens (primary N) is 1. The maximum absolute atomic E-state index is 13.9. The first-order valence-corrected chi connectivity index (χ1v) is 7.52. The van der Waals surface area contributed by atoms with Gasteiger partial charge in [-0.05, 0) is 25.1 Å². The van der Waals surface area contributed by atoms with Crippen LogP contribution in [0.15, 0.2) is 29.1 Å². The molecule has 118 valence electrons. The Hall–Kier alpha value is -1.76. The maximum atomic E-state index is 13.9. The van der Waals surface area contributed by atoms with Crippen LogP contribution in [0.5, 0.6) is 0 Å². The number of pyridine rings is 1. The van der Waals surface area contributed by atoms with Gasteiger partial charge in [-0.25, -0.2) is 4.39 Å². The van der Waals surface area contributed by atoms with E-state index in [0.29, 0.717) is 25.1 Å². The van der Waals surface area contributed by atoms with Crippen molar-refractivity contribution in [2.75, 3.05) is 26.2 Å².